The number of fused-ring (bicyclic) bond motifs is 1. The number of rotatable bonds is 2. The van der Waals surface area contributed by atoms with Crippen molar-refractivity contribution in [2.45, 2.75) is 63.0 Å². The number of aliphatic hydroxyl groups excluding tert-OH is 2. The summed E-state index contributed by atoms with van der Waals surface area (Å²) in [4.78, 5) is 15.7. The molecule has 9 bridgehead atoms. The molecule has 6 aliphatic carbocycles. The van der Waals surface area contributed by atoms with Gasteiger partial charge in [-0.2, -0.15) is 0 Å². The van der Waals surface area contributed by atoms with Crippen LogP contribution in [0, 0.1) is 39.9 Å². The van der Waals surface area contributed by atoms with E-state index in [1.54, 1.807) is 12.1 Å². The Bertz CT molecular complexity index is 1070. The van der Waals surface area contributed by atoms with Gasteiger partial charge in [0, 0.05) is 41.3 Å². The molecule has 13 atom stereocenters. The molecule has 1 aromatic carbocycles. The number of piperidine rings is 2. The van der Waals surface area contributed by atoms with Gasteiger partial charge >= 0.3 is 5.97 Å². The summed E-state index contributed by atoms with van der Waals surface area (Å²) in [6, 6.07) is 9.59. The molecular weight excluding hydrogens is 402 g/mol. The van der Waals surface area contributed by atoms with Gasteiger partial charge in [-0.15, -0.1) is 0 Å². The second-order valence-electron chi connectivity index (χ2n) is 12.3. The Morgan fingerprint density at radius 1 is 1.25 bits per heavy atom. The van der Waals surface area contributed by atoms with Crippen molar-refractivity contribution in [3.63, 3.8) is 0 Å². The summed E-state index contributed by atoms with van der Waals surface area (Å²) in [6.07, 6.45) is 2.60. The van der Waals surface area contributed by atoms with E-state index in [1.807, 2.05) is 18.2 Å². The molecule has 5 unspecified atom stereocenters. The van der Waals surface area contributed by atoms with Crippen LogP contribution in [0.25, 0.3) is 0 Å². The second-order valence-corrected chi connectivity index (χ2v) is 12.3. The van der Waals surface area contributed by atoms with Crippen molar-refractivity contribution in [1.29, 1.82) is 0 Å². The number of carbonyl (C=O) groups excluding carboxylic acids is 1. The maximum absolute atomic E-state index is 13.2. The highest BCUT2D eigenvalue weighted by atomic mass is 16.5. The minimum atomic E-state index is -0.433. The monoisotopic (exact) mass is 433 g/mol. The summed E-state index contributed by atoms with van der Waals surface area (Å²) in [5.41, 5.74) is 1.42. The number of carbonyl (C=O) groups is 1. The molecule has 5 heteroatoms. The first-order chi connectivity index (χ1) is 15.4. The number of ether oxygens (including phenoxy) is 1. The predicted molar refractivity (Wildman–Crippen MR) is 116 cm³/mol. The Labute approximate surface area is 188 Å². The van der Waals surface area contributed by atoms with Crippen molar-refractivity contribution in [2.75, 3.05) is 6.54 Å². The van der Waals surface area contributed by atoms with Gasteiger partial charge in [-0.1, -0.05) is 37.3 Å². The molecular formula is C27H31NO4. The quantitative estimate of drug-likeness (QED) is 0.554. The molecule has 3 aliphatic heterocycles. The SMILES string of the molecule is C=C1CC23[C@@H]4C(OC(=O)c5ccccc5)[C@H]1C[C@H]2C12C4N4C[C@](C)(CC[C@H]1O)[C@H]2[C@@H]4[C@H]3O. The van der Waals surface area contributed by atoms with Crippen LogP contribution in [0.1, 0.15) is 43.0 Å². The maximum atomic E-state index is 13.2. The maximum Gasteiger partial charge on any atom is 0.338 e. The first kappa shape index (κ1) is 18.7. The van der Waals surface area contributed by atoms with Gasteiger partial charge in [0.25, 0.3) is 0 Å². The van der Waals surface area contributed by atoms with Crippen molar-refractivity contribution in [1.82, 2.24) is 4.90 Å². The number of hydrogen-bond donors (Lipinski definition) is 2. The number of aliphatic hydroxyl groups is 2. The van der Waals surface area contributed by atoms with Crippen molar-refractivity contribution >= 4 is 5.97 Å². The average Bonchev–Trinajstić information content (AvgIpc) is 3.28. The van der Waals surface area contributed by atoms with Crippen LogP contribution in [-0.4, -0.2) is 58.0 Å². The largest absolute Gasteiger partial charge is 0.458 e. The lowest BCUT2D eigenvalue weighted by atomic mass is 9.39. The van der Waals surface area contributed by atoms with E-state index < -0.39 is 6.10 Å². The molecule has 168 valence electrons. The predicted octanol–water partition coefficient (Wildman–Crippen LogP) is 2.63. The molecule has 6 saturated carbocycles. The zero-order valence-corrected chi connectivity index (χ0v) is 18.5. The molecule has 32 heavy (non-hydrogen) atoms. The average molecular weight is 434 g/mol. The lowest BCUT2D eigenvalue weighted by Crippen LogP contribution is -2.70. The van der Waals surface area contributed by atoms with Crippen LogP contribution in [0.4, 0.5) is 0 Å². The topological polar surface area (TPSA) is 70.0 Å². The summed E-state index contributed by atoms with van der Waals surface area (Å²) in [5, 5.41) is 23.7. The molecule has 10 rings (SSSR count). The van der Waals surface area contributed by atoms with Gasteiger partial charge in [-0.25, -0.2) is 4.79 Å². The zero-order chi connectivity index (χ0) is 21.8. The highest BCUT2D eigenvalue weighted by Crippen LogP contribution is 2.87. The third-order valence-electron chi connectivity index (χ3n) is 11.6. The third-order valence-corrected chi connectivity index (χ3v) is 11.6. The summed E-state index contributed by atoms with van der Waals surface area (Å²) in [5.74, 6) is 0.574. The number of esters is 1. The van der Waals surface area contributed by atoms with E-state index in [2.05, 4.69) is 18.4 Å². The fourth-order valence-electron chi connectivity index (χ4n) is 11.2. The molecule has 9 aliphatic rings. The molecule has 5 nitrogen and oxygen atoms in total. The van der Waals surface area contributed by atoms with Crippen LogP contribution in [-0.2, 0) is 4.74 Å². The highest BCUT2D eigenvalue weighted by Gasteiger charge is 2.92. The Morgan fingerprint density at radius 3 is 2.81 bits per heavy atom. The third kappa shape index (κ3) is 1.62. The lowest BCUT2D eigenvalue weighted by Gasteiger charge is -2.66. The van der Waals surface area contributed by atoms with Crippen LogP contribution in [0.2, 0.25) is 0 Å². The smallest absolute Gasteiger partial charge is 0.338 e. The van der Waals surface area contributed by atoms with Gasteiger partial charge in [-0.05, 0) is 55.1 Å². The first-order valence-corrected chi connectivity index (χ1v) is 12.4. The Morgan fingerprint density at radius 2 is 2.03 bits per heavy atom. The summed E-state index contributed by atoms with van der Waals surface area (Å²) in [7, 11) is 0. The Kier molecular flexibility index (Phi) is 3.12. The summed E-state index contributed by atoms with van der Waals surface area (Å²) in [6.45, 7) is 7.82. The van der Waals surface area contributed by atoms with E-state index in [1.165, 1.54) is 0 Å². The van der Waals surface area contributed by atoms with Gasteiger partial charge in [0.2, 0.25) is 0 Å². The van der Waals surface area contributed by atoms with E-state index in [0.717, 1.165) is 37.8 Å². The zero-order valence-electron chi connectivity index (χ0n) is 18.5. The van der Waals surface area contributed by atoms with E-state index in [-0.39, 0.29) is 58.3 Å². The van der Waals surface area contributed by atoms with Crippen molar-refractivity contribution in [3.8, 4) is 0 Å². The van der Waals surface area contributed by atoms with E-state index in [0.29, 0.717) is 17.4 Å². The van der Waals surface area contributed by atoms with Crippen LogP contribution >= 0.6 is 0 Å². The van der Waals surface area contributed by atoms with E-state index in [9.17, 15) is 15.0 Å². The molecule has 0 aromatic heterocycles. The van der Waals surface area contributed by atoms with Crippen LogP contribution in [0.3, 0.4) is 0 Å². The van der Waals surface area contributed by atoms with E-state index in [4.69, 9.17) is 4.74 Å². The molecule has 2 spiro atoms. The lowest BCUT2D eigenvalue weighted by molar-refractivity contribution is -0.227. The van der Waals surface area contributed by atoms with Crippen molar-refractivity contribution in [2.24, 2.45) is 39.9 Å². The minimum absolute atomic E-state index is 0.0814. The van der Waals surface area contributed by atoms with Crippen LogP contribution < -0.4 is 0 Å². The van der Waals surface area contributed by atoms with Gasteiger partial charge in [0.15, 0.2) is 0 Å². The second kappa shape index (κ2) is 5.34. The first-order valence-electron chi connectivity index (χ1n) is 12.4. The molecule has 9 fully saturated rings. The van der Waals surface area contributed by atoms with Gasteiger partial charge < -0.3 is 14.9 Å². The van der Waals surface area contributed by atoms with Gasteiger partial charge in [-0.3, -0.25) is 4.90 Å². The molecule has 2 N–H and O–H groups in total. The van der Waals surface area contributed by atoms with Crippen LogP contribution in [0.15, 0.2) is 42.5 Å². The Balaban J connectivity index is 1.30. The Hall–Kier alpha value is -1.69. The number of benzene rings is 1. The molecule has 0 amide bonds. The normalized spacial score (nSPS) is 59.7. The van der Waals surface area contributed by atoms with Gasteiger partial charge in [0.05, 0.1) is 17.8 Å². The standard InChI is InChI=1S/C27H31NO4/c1-13-11-26-16-10-15(13)20(32-24(31)14-6-4-3-5-7-14)18(26)22-27(16)17(29)8-9-25(2)12-28(22)19(21(25)27)23(26)30/h3-7,15-23,29-30H,1,8-12H2,2H3/t15-,16+,17+,18+,19+,20?,21+,22?,23+,25-,26?,27?/m0/s1. The van der Waals surface area contributed by atoms with Crippen LogP contribution in [0.5, 0.6) is 0 Å². The molecule has 3 heterocycles. The van der Waals surface area contributed by atoms with E-state index >= 15 is 0 Å². The summed E-state index contributed by atoms with van der Waals surface area (Å²) >= 11 is 0. The number of hydrogen-bond acceptors (Lipinski definition) is 5. The fraction of sp³-hybridized carbons (Fsp3) is 0.667. The molecule has 3 saturated heterocycles. The molecule has 0 radical (unpaired) electrons. The van der Waals surface area contributed by atoms with Crippen molar-refractivity contribution in [3.05, 3.63) is 48.0 Å². The highest BCUT2D eigenvalue weighted by molar-refractivity contribution is 5.89. The molecule has 1 aromatic rings. The summed E-state index contributed by atoms with van der Waals surface area (Å²) < 4.78 is 6.34. The van der Waals surface area contributed by atoms with Gasteiger partial charge in [0.1, 0.15) is 6.10 Å². The minimum Gasteiger partial charge on any atom is -0.458 e. The van der Waals surface area contributed by atoms with Crippen molar-refractivity contribution < 1.29 is 19.7 Å². The number of nitrogens with zero attached hydrogens (tertiary/aromatic N) is 1. The fourth-order valence-corrected chi connectivity index (χ4v) is 11.2.